The van der Waals surface area contributed by atoms with Crippen molar-refractivity contribution in [3.05, 3.63) is 64.2 Å². The fourth-order valence-electron chi connectivity index (χ4n) is 2.48. The Morgan fingerprint density at radius 2 is 1.97 bits per heavy atom. The summed E-state index contributed by atoms with van der Waals surface area (Å²) in [5, 5.41) is 1.88. The number of terminal acetylenes is 1. The number of alkyl halides is 3. The van der Waals surface area contributed by atoms with E-state index in [1.54, 1.807) is 0 Å². The van der Waals surface area contributed by atoms with Crippen LogP contribution in [0.1, 0.15) is 22.3 Å². The number of nitrogens with zero attached hydrogens (tertiary/aromatic N) is 1. The predicted octanol–water partition coefficient (Wildman–Crippen LogP) is 3.58. The monoisotopic (exact) mass is 475 g/mol. The Morgan fingerprint density at radius 3 is 2.52 bits per heavy atom. The minimum Gasteiger partial charge on any atom is -0.348 e. The maximum Gasteiger partial charge on any atom is 0.417 e. The van der Waals surface area contributed by atoms with Crippen LogP contribution >= 0.6 is 11.6 Å². The molecule has 31 heavy (non-hydrogen) atoms. The van der Waals surface area contributed by atoms with Crippen molar-refractivity contribution >= 4 is 38.8 Å². The first-order chi connectivity index (χ1) is 14.2. The van der Waals surface area contributed by atoms with Crippen molar-refractivity contribution in [3.63, 3.8) is 0 Å². The lowest BCUT2D eigenvalue weighted by Crippen LogP contribution is -2.25. The van der Waals surface area contributed by atoms with Crippen LogP contribution in [0, 0.1) is 18.2 Å². The van der Waals surface area contributed by atoms with Crippen LogP contribution in [0.25, 0.3) is 5.57 Å². The van der Waals surface area contributed by atoms with Crippen molar-refractivity contribution in [2.45, 2.75) is 12.7 Å². The molecule has 6 nitrogen and oxygen atoms in total. The summed E-state index contributed by atoms with van der Waals surface area (Å²) in [7, 11) is -3.81. The lowest BCUT2D eigenvalue weighted by molar-refractivity contribution is -0.137. The molecule has 0 saturated carbocycles. The molecule has 0 aliphatic rings. The number of rotatable bonds is 6. The maximum absolute atomic E-state index is 14.3. The van der Waals surface area contributed by atoms with E-state index < -0.39 is 55.5 Å². The second kappa shape index (κ2) is 8.95. The predicted molar refractivity (Wildman–Crippen MR) is 108 cm³/mol. The first-order valence-electron chi connectivity index (χ1n) is 8.20. The topological polar surface area (TPSA) is 88.2 Å². The molecule has 2 aromatic rings. The summed E-state index contributed by atoms with van der Waals surface area (Å²) in [6, 6.07) is 2.73. The Balaban J connectivity index is 2.25. The highest BCUT2D eigenvalue weighted by Gasteiger charge is 2.35. The van der Waals surface area contributed by atoms with Gasteiger partial charge in [-0.05, 0) is 23.8 Å². The minimum atomic E-state index is -4.81. The third-order valence-electron chi connectivity index (χ3n) is 3.82. The van der Waals surface area contributed by atoms with Gasteiger partial charge in [-0.3, -0.25) is 9.52 Å². The highest BCUT2D eigenvalue weighted by molar-refractivity contribution is 7.92. The lowest BCUT2D eigenvalue weighted by Gasteiger charge is -2.15. The average Bonchev–Trinajstić information content (AvgIpc) is 2.65. The Labute approximate surface area is 180 Å². The molecule has 0 fully saturated rings. The molecule has 2 N–H and O–H groups in total. The van der Waals surface area contributed by atoms with E-state index in [-0.39, 0.29) is 17.7 Å². The molecule has 2 rings (SSSR count). The van der Waals surface area contributed by atoms with Crippen LogP contribution in [0.2, 0.25) is 5.15 Å². The Hall–Kier alpha value is -3.10. The number of hydrogen-bond donors (Lipinski definition) is 2. The number of benzene rings is 1. The highest BCUT2D eigenvalue weighted by atomic mass is 35.5. The van der Waals surface area contributed by atoms with Gasteiger partial charge in [0.25, 0.3) is 5.91 Å². The molecule has 164 valence electrons. The van der Waals surface area contributed by atoms with Gasteiger partial charge in [-0.15, -0.1) is 6.42 Å². The number of halogens is 5. The second-order valence-electron chi connectivity index (χ2n) is 6.23. The Morgan fingerprint density at radius 1 is 1.32 bits per heavy atom. The zero-order valence-corrected chi connectivity index (χ0v) is 17.3. The molecule has 0 aliphatic carbocycles. The summed E-state index contributed by atoms with van der Waals surface area (Å²) in [5.41, 5.74) is -2.73. The van der Waals surface area contributed by atoms with Crippen LogP contribution in [0.3, 0.4) is 0 Å². The first kappa shape index (κ1) is 24.2. The van der Waals surface area contributed by atoms with Crippen molar-refractivity contribution in [1.82, 2.24) is 10.3 Å². The average molecular weight is 476 g/mol. The number of aromatic nitrogens is 1. The van der Waals surface area contributed by atoms with Gasteiger partial charge in [0, 0.05) is 23.9 Å². The highest BCUT2D eigenvalue weighted by Crippen LogP contribution is 2.35. The fraction of sp³-hybridized carbons (Fsp3) is 0.158. The number of hydrogen-bond acceptors (Lipinski definition) is 4. The Bertz CT molecular complexity index is 1210. The summed E-state index contributed by atoms with van der Waals surface area (Å²) in [6.07, 6.45) is 2.06. The lowest BCUT2D eigenvalue weighted by atomic mass is 10.0. The van der Waals surface area contributed by atoms with Gasteiger partial charge in [-0.2, -0.15) is 13.2 Å². The van der Waals surface area contributed by atoms with Crippen LogP contribution in [-0.4, -0.2) is 25.6 Å². The normalized spacial score (nSPS) is 11.5. The van der Waals surface area contributed by atoms with Gasteiger partial charge in [0.05, 0.1) is 23.1 Å². The van der Waals surface area contributed by atoms with E-state index in [9.17, 15) is 30.8 Å². The van der Waals surface area contributed by atoms with Gasteiger partial charge in [0.2, 0.25) is 10.0 Å². The van der Waals surface area contributed by atoms with Crippen LogP contribution in [0.5, 0.6) is 0 Å². The molecule has 0 unspecified atom stereocenters. The third-order valence-corrected chi connectivity index (χ3v) is 4.60. The molecule has 1 amide bonds. The first-order valence-corrected chi connectivity index (χ1v) is 10.5. The molecular formula is C19H14ClF4N3O3S. The van der Waals surface area contributed by atoms with Gasteiger partial charge in [-0.1, -0.05) is 24.1 Å². The van der Waals surface area contributed by atoms with Crippen molar-refractivity contribution in [1.29, 1.82) is 0 Å². The fourth-order valence-corrected chi connectivity index (χ4v) is 3.22. The summed E-state index contributed by atoms with van der Waals surface area (Å²) in [5.74, 6) is 0.151. The van der Waals surface area contributed by atoms with Crippen molar-refractivity contribution < 1.29 is 30.8 Å². The smallest absolute Gasteiger partial charge is 0.348 e. The van der Waals surface area contributed by atoms with Crippen molar-refractivity contribution in [2.24, 2.45) is 0 Å². The van der Waals surface area contributed by atoms with Gasteiger partial charge in [0.1, 0.15) is 11.0 Å². The maximum atomic E-state index is 14.3. The Kier molecular flexibility index (Phi) is 6.98. The van der Waals surface area contributed by atoms with E-state index in [0.717, 1.165) is 18.5 Å². The van der Waals surface area contributed by atoms with Gasteiger partial charge >= 0.3 is 6.18 Å². The molecule has 1 heterocycles. The number of carbonyl (C=O) groups is 1. The molecule has 0 bridgehead atoms. The van der Waals surface area contributed by atoms with Crippen molar-refractivity contribution in [3.8, 4) is 12.3 Å². The van der Waals surface area contributed by atoms with E-state index >= 15 is 0 Å². The molecule has 0 radical (unpaired) electrons. The van der Waals surface area contributed by atoms with Gasteiger partial charge in [0.15, 0.2) is 0 Å². The van der Waals surface area contributed by atoms with Crippen molar-refractivity contribution in [2.75, 3.05) is 11.0 Å². The number of sulfonamides is 1. The summed E-state index contributed by atoms with van der Waals surface area (Å²) in [6.45, 7) is 3.04. The number of anilines is 1. The molecule has 1 aromatic carbocycles. The number of carbonyl (C=O) groups excluding carboxylic acids is 1. The summed E-state index contributed by atoms with van der Waals surface area (Å²) in [4.78, 5) is 15.9. The standard InChI is InChI=1S/C19H14ClF4N3O3S/c1-4-12-5-11(6-15(21)17(12)27-31(3,29)30)8-26-18(28)10(2)13-9-25-16(20)7-14(13)19(22,23)24/h1,5-7,9,27H,2,8H2,3H3,(H,26,28). The van der Waals surface area contributed by atoms with Gasteiger partial charge in [-0.25, -0.2) is 17.8 Å². The van der Waals surface area contributed by atoms with Crippen LogP contribution in [0.4, 0.5) is 23.2 Å². The summed E-state index contributed by atoms with van der Waals surface area (Å²) < 4.78 is 78.6. The number of nitrogens with one attached hydrogen (secondary N) is 2. The molecule has 12 heteroatoms. The van der Waals surface area contributed by atoms with Gasteiger partial charge < -0.3 is 5.32 Å². The number of amides is 1. The zero-order valence-electron chi connectivity index (χ0n) is 15.8. The van der Waals surface area contributed by atoms with E-state index in [0.29, 0.717) is 6.07 Å². The molecule has 0 aliphatic heterocycles. The van der Waals surface area contributed by atoms with E-state index in [2.05, 4.69) is 22.8 Å². The molecule has 1 aromatic heterocycles. The molecular weight excluding hydrogens is 462 g/mol. The van der Waals surface area contributed by atoms with Crippen LogP contribution in [0.15, 0.2) is 31.0 Å². The van der Waals surface area contributed by atoms with E-state index in [1.165, 1.54) is 6.07 Å². The second-order valence-corrected chi connectivity index (χ2v) is 8.37. The zero-order chi connectivity index (χ0) is 23.6. The molecule has 0 atom stereocenters. The quantitative estimate of drug-likeness (QED) is 0.289. The minimum absolute atomic E-state index is 0.130. The largest absolute Gasteiger partial charge is 0.417 e. The van der Waals surface area contributed by atoms with E-state index in [4.69, 9.17) is 18.0 Å². The SMILES string of the molecule is C#Cc1cc(CNC(=O)C(=C)c2cnc(Cl)cc2C(F)(F)F)cc(F)c1NS(C)(=O)=O. The number of pyridine rings is 1. The molecule has 0 saturated heterocycles. The molecule has 0 spiro atoms. The third kappa shape index (κ3) is 6.19. The van der Waals surface area contributed by atoms with E-state index in [1.807, 2.05) is 4.72 Å². The summed E-state index contributed by atoms with van der Waals surface area (Å²) >= 11 is 5.51. The van der Waals surface area contributed by atoms with Crippen LogP contribution in [-0.2, 0) is 27.5 Å². The van der Waals surface area contributed by atoms with Crippen LogP contribution < -0.4 is 10.0 Å².